The minimum absolute atomic E-state index is 0.301. The standard InChI is InChI=1S/C26H23N3O5/c1-32-22-12-16(13-23(33-2)24(22)34-3)21-14-19(18-9-4-5-10-20(18)29-21)26(31)28-17-8-6-7-15(11-17)25(27)30/h4-14H,1-3H3,(H2,27,30)(H,28,31). The molecule has 0 spiro atoms. The summed E-state index contributed by atoms with van der Waals surface area (Å²) in [6.45, 7) is 0. The summed E-state index contributed by atoms with van der Waals surface area (Å²) in [7, 11) is 4.60. The van der Waals surface area contributed by atoms with Crippen LogP contribution in [0.5, 0.6) is 17.2 Å². The van der Waals surface area contributed by atoms with Crippen LogP contribution in [0.15, 0.2) is 66.7 Å². The van der Waals surface area contributed by atoms with Crippen LogP contribution in [0.3, 0.4) is 0 Å². The number of amides is 2. The van der Waals surface area contributed by atoms with Gasteiger partial charge < -0.3 is 25.3 Å². The maximum Gasteiger partial charge on any atom is 0.256 e. The predicted octanol–water partition coefficient (Wildman–Crippen LogP) is 4.28. The van der Waals surface area contributed by atoms with Gasteiger partial charge in [0.2, 0.25) is 11.7 Å². The van der Waals surface area contributed by atoms with Gasteiger partial charge in [-0.25, -0.2) is 4.98 Å². The monoisotopic (exact) mass is 457 g/mol. The number of hydrogen-bond donors (Lipinski definition) is 2. The van der Waals surface area contributed by atoms with E-state index in [0.717, 1.165) is 0 Å². The van der Waals surface area contributed by atoms with Gasteiger partial charge >= 0.3 is 0 Å². The van der Waals surface area contributed by atoms with Gasteiger partial charge in [-0.3, -0.25) is 9.59 Å². The molecule has 0 radical (unpaired) electrons. The zero-order valence-corrected chi connectivity index (χ0v) is 18.9. The first-order valence-electron chi connectivity index (χ1n) is 10.4. The first-order valence-corrected chi connectivity index (χ1v) is 10.4. The van der Waals surface area contributed by atoms with E-state index >= 15 is 0 Å². The normalized spacial score (nSPS) is 10.6. The summed E-state index contributed by atoms with van der Waals surface area (Å²) in [5.41, 5.74) is 8.41. The highest BCUT2D eigenvalue weighted by atomic mass is 16.5. The molecule has 1 heterocycles. The van der Waals surface area contributed by atoms with Gasteiger partial charge in [-0.2, -0.15) is 0 Å². The molecule has 0 aliphatic rings. The second-order valence-corrected chi connectivity index (χ2v) is 7.39. The Morgan fingerprint density at radius 1 is 0.853 bits per heavy atom. The van der Waals surface area contributed by atoms with Crippen molar-refractivity contribution >= 4 is 28.4 Å². The summed E-state index contributed by atoms with van der Waals surface area (Å²) in [5.74, 6) is 0.480. The lowest BCUT2D eigenvalue weighted by molar-refractivity contribution is 0.0996. The average molecular weight is 457 g/mol. The number of benzene rings is 3. The molecule has 3 aromatic carbocycles. The van der Waals surface area contributed by atoms with Crippen molar-refractivity contribution in [1.29, 1.82) is 0 Å². The Labute approximate surface area is 196 Å². The highest BCUT2D eigenvalue weighted by Crippen LogP contribution is 2.41. The fourth-order valence-electron chi connectivity index (χ4n) is 3.69. The maximum absolute atomic E-state index is 13.3. The molecule has 8 heteroatoms. The summed E-state index contributed by atoms with van der Waals surface area (Å²) >= 11 is 0. The quantitative estimate of drug-likeness (QED) is 0.428. The van der Waals surface area contributed by atoms with Gasteiger partial charge in [0.05, 0.1) is 38.1 Å². The molecule has 4 aromatic rings. The minimum Gasteiger partial charge on any atom is -0.493 e. The van der Waals surface area contributed by atoms with E-state index in [2.05, 4.69) is 5.32 Å². The van der Waals surface area contributed by atoms with Gasteiger partial charge in [-0.15, -0.1) is 0 Å². The first kappa shape index (κ1) is 22.6. The number of nitrogens with zero attached hydrogens (tertiary/aromatic N) is 1. The summed E-state index contributed by atoms with van der Waals surface area (Å²) in [6.07, 6.45) is 0. The maximum atomic E-state index is 13.3. The molecule has 4 rings (SSSR count). The van der Waals surface area contributed by atoms with Crippen LogP contribution in [0.25, 0.3) is 22.2 Å². The van der Waals surface area contributed by atoms with Gasteiger partial charge in [0, 0.05) is 22.2 Å². The van der Waals surface area contributed by atoms with Crippen molar-refractivity contribution in [3.05, 3.63) is 77.9 Å². The summed E-state index contributed by atoms with van der Waals surface area (Å²) in [4.78, 5) is 29.6. The first-order chi connectivity index (χ1) is 16.4. The molecule has 0 aliphatic heterocycles. The van der Waals surface area contributed by atoms with Crippen LogP contribution in [0, 0.1) is 0 Å². The van der Waals surface area contributed by atoms with Gasteiger partial charge in [-0.1, -0.05) is 24.3 Å². The van der Waals surface area contributed by atoms with Crippen molar-refractivity contribution < 1.29 is 23.8 Å². The third-order valence-electron chi connectivity index (χ3n) is 5.33. The topological polar surface area (TPSA) is 113 Å². The number of nitrogens with one attached hydrogen (secondary N) is 1. The Morgan fingerprint density at radius 2 is 1.56 bits per heavy atom. The second-order valence-electron chi connectivity index (χ2n) is 7.39. The van der Waals surface area contributed by atoms with Crippen LogP contribution >= 0.6 is 0 Å². The van der Waals surface area contributed by atoms with Crippen molar-refractivity contribution in [1.82, 2.24) is 4.98 Å². The van der Waals surface area contributed by atoms with Crippen LogP contribution in [-0.2, 0) is 0 Å². The number of nitrogens with two attached hydrogens (primary N) is 1. The molecule has 172 valence electrons. The highest BCUT2D eigenvalue weighted by molar-refractivity contribution is 6.13. The lowest BCUT2D eigenvalue weighted by Crippen LogP contribution is -2.15. The number of pyridine rings is 1. The van der Waals surface area contributed by atoms with Crippen LogP contribution < -0.4 is 25.3 Å². The van der Waals surface area contributed by atoms with Crippen LogP contribution in [-0.4, -0.2) is 38.1 Å². The molecule has 0 unspecified atom stereocenters. The van der Waals surface area contributed by atoms with Crippen LogP contribution in [0.1, 0.15) is 20.7 Å². The van der Waals surface area contributed by atoms with Crippen molar-refractivity contribution in [2.45, 2.75) is 0 Å². The van der Waals surface area contributed by atoms with Crippen molar-refractivity contribution in [3.8, 4) is 28.5 Å². The number of para-hydroxylation sites is 1. The van der Waals surface area contributed by atoms with Crippen LogP contribution in [0.4, 0.5) is 5.69 Å². The van der Waals surface area contributed by atoms with Gasteiger partial charge in [0.15, 0.2) is 11.5 Å². The molecular weight excluding hydrogens is 434 g/mol. The second kappa shape index (κ2) is 9.50. The highest BCUT2D eigenvalue weighted by Gasteiger charge is 2.18. The molecule has 0 saturated carbocycles. The number of primary amides is 1. The van der Waals surface area contributed by atoms with Gasteiger partial charge in [0.25, 0.3) is 5.91 Å². The lowest BCUT2D eigenvalue weighted by atomic mass is 10.0. The Kier molecular flexibility index (Phi) is 6.31. The van der Waals surface area contributed by atoms with Crippen molar-refractivity contribution in [2.75, 3.05) is 26.6 Å². The van der Waals surface area contributed by atoms with Crippen molar-refractivity contribution in [3.63, 3.8) is 0 Å². The molecule has 0 fully saturated rings. The molecule has 3 N–H and O–H groups in total. The number of carbonyl (C=O) groups is 2. The van der Waals surface area contributed by atoms with E-state index < -0.39 is 5.91 Å². The number of fused-ring (bicyclic) bond motifs is 1. The molecule has 34 heavy (non-hydrogen) atoms. The minimum atomic E-state index is -0.574. The fourth-order valence-corrected chi connectivity index (χ4v) is 3.69. The zero-order chi connectivity index (χ0) is 24.2. The fraction of sp³-hybridized carbons (Fsp3) is 0.115. The molecular formula is C26H23N3O5. The number of aromatic nitrogens is 1. The number of anilines is 1. The van der Waals surface area contributed by atoms with E-state index in [1.54, 1.807) is 36.4 Å². The van der Waals surface area contributed by atoms with E-state index in [1.807, 2.05) is 24.3 Å². The summed E-state index contributed by atoms with van der Waals surface area (Å²) in [5, 5.41) is 3.53. The average Bonchev–Trinajstić information content (AvgIpc) is 2.87. The van der Waals surface area contributed by atoms with E-state index in [4.69, 9.17) is 24.9 Å². The third-order valence-corrected chi connectivity index (χ3v) is 5.33. The number of hydrogen-bond acceptors (Lipinski definition) is 6. The zero-order valence-electron chi connectivity index (χ0n) is 18.9. The number of ether oxygens (including phenoxy) is 3. The van der Waals surface area contributed by atoms with E-state index in [1.165, 1.54) is 27.4 Å². The number of methoxy groups -OCH3 is 3. The SMILES string of the molecule is COc1cc(-c2cc(C(=O)Nc3cccc(C(N)=O)c3)c3ccccc3n2)cc(OC)c1OC. The van der Waals surface area contributed by atoms with Crippen LogP contribution in [0.2, 0.25) is 0 Å². The predicted molar refractivity (Wildman–Crippen MR) is 130 cm³/mol. The van der Waals surface area contributed by atoms with Crippen molar-refractivity contribution in [2.24, 2.45) is 5.73 Å². The van der Waals surface area contributed by atoms with Gasteiger partial charge in [0.1, 0.15) is 0 Å². The molecule has 0 aliphatic carbocycles. The summed E-state index contributed by atoms with van der Waals surface area (Å²) < 4.78 is 16.3. The lowest BCUT2D eigenvalue weighted by Gasteiger charge is -2.15. The molecule has 1 aromatic heterocycles. The van der Waals surface area contributed by atoms with E-state index in [0.29, 0.717) is 56.2 Å². The van der Waals surface area contributed by atoms with E-state index in [-0.39, 0.29) is 5.91 Å². The molecule has 0 atom stereocenters. The smallest absolute Gasteiger partial charge is 0.256 e. The van der Waals surface area contributed by atoms with Gasteiger partial charge in [-0.05, 0) is 42.5 Å². The Morgan fingerprint density at radius 3 is 2.21 bits per heavy atom. The molecule has 2 amide bonds. The Bertz CT molecular complexity index is 1380. The number of rotatable bonds is 7. The Hall–Kier alpha value is -4.59. The number of carbonyl (C=O) groups excluding carboxylic acids is 2. The van der Waals surface area contributed by atoms with E-state index in [9.17, 15) is 9.59 Å². The molecule has 0 saturated heterocycles. The molecule has 8 nitrogen and oxygen atoms in total. The molecule has 0 bridgehead atoms. The largest absolute Gasteiger partial charge is 0.493 e. The Balaban J connectivity index is 1.83. The third kappa shape index (κ3) is 4.33. The summed E-state index contributed by atoms with van der Waals surface area (Å²) in [6, 6.07) is 19.1.